The van der Waals surface area contributed by atoms with Gasteiger partial charge >= 0.3 is 6.18 Å². The van der Waals surface area contributed by atoms with Gasteiger partial charge in [0.1, 0.15) is 18.9 Å². The van der Waals surface area contributed by atoms with Gasteiger partial charge in [-0.1, -0.05) is 132 Å². The minimum absolute atomic E-state index is 0.0776. The highest BCUT2D eigenvalue weighted by atomic mass is 19.4. The largest absolute Gasteiger partial charge is 0.489 e. The van der Waals surface area contributed by atoms with Gasteiger partial charge in [0.15, 0.2) is 0 Å². The predicted octanol–water partition coefficient (Wildman–Crippen LogP) is 9.62. The van der Waals surface area contributed by atoms with E-state index in [9.17, 15) is 22.8 Å². The SMILES string of the molecule is C=C/C=C(OC/C=C/CCC=C)\C(=C/C)C(=O)NC1CCN(CC)CC1.CC.CCCC(C(=O)NCC(F)(F)F)(c1ccccc1)c1ccccc1. The second-order valence-electron chi connectivity index (χ2n) is 12.0. The molecule has 3 rings (SSSR count). The van der Waals surface area contributed by atoms with Crippen molar-refractivity contribution in [2.24, 2.45) is 0 Å². The second-order valence-corrected chi connectivity index (χ2v) is 12.0. The van der Waals surface area contributed by atoms with Gasteiger partial charge < -0.3 is 20.3 Å². The third-order valence-electron chi connectivity index (χ3n) is 8.47. The number of carbonyl (C=O) groups excluding carboxylic acids is 2. The normalized spacial score (nSPS) is 14.3. The second kappa shape index (κ2) is 25.6. The molecule has 0 spiro atoms. The maximum atomic E-state index is 12.9. The molecule has 0 bridgehead atoms. The lowest BCUT2D eigenvalue weighted by molar-refractivity contribution is -0.141. The van der Waals surface area contributed by atoms with Gasteiger partial charge in [0, 0.05) is 19.1 Å². The van der Waals surface area contributed by atoms with Gasteiger partial charge in [0.25, 0.3) is 5.91 Å². The van der Waals surface area contributed by atoms with Gasteiger partial charge in [-0.2, -0.15) is 13.2 Å². The average molecular weight is 724 g/mol. The number of carbonyl (C=O) groups is 2. The van der Waals surface area contributed by atoms with E-state index in [1.807, 2.05) is 52.0 Å². The maximum absolute atomic E-state index is 12.9. The van der Waals surface area contributed by atoms with Crippen molar-refractivity contribution in [3.8, 4) is 0 Å². The number of nitrogens with one attached hydrogen (secondary N) is 2. The van der Waals surface area contributed by atoms with E-state index in [1.165, 1.54) is 0 Å². The van der Waals surface area contributed by atoms with Crippen LogP contribution in [-0.4, -0.2) is 61.7 Å². The first-order valence-corrected chi connectivity index (χ1v) is 18.4. The molecule has 52 heavy (non-hydrogen) atoms. The molecule has 0 saturated carbocycles. The molecule has 6 nitrogen and oxygen atoms in total. The van der Waals surface area contributed by atoms with Crippen LogP contribution >= 0.6 is 0 Å². The number of ether oxygens (including phenoxy) is 1. The van der Waals surface area contributed by atoms with Crippen molar-refractivity contribution in [1.29, 1.82) is 0 Å². The van der Waals surface area contributed by atoms with Crippen LogP contribution in [0.4, 0.5) is 13.2 Å². The molecule has 0 radical (unpaired) electrons. The van der Waals surface area contributed by atoms with Crippen molar-refractivity contribution in [3.63, 3.8) is 0 Å². The number of halogens is 3. The topological polar surface area (TPSA) is 70.7 Å². The molecule has 1 heterocycles. The average Bonchev–Trinajstić information content (AvgIpc) is 3.16. The fourth-order valence-corrected chi connectivity index (χ4v) is 5.89. The number of hydrogen-bond acceptors (Lipinski definition) is 4. The van der Waals surface area contributed by atoms with Crippen molar-refractivity contribution < 1.29 is 27.5 Å². The number of unbranched alkanes of at least 4 members (excludes halogenated alkanes) is 1. The third-order valence-corrected chi connectivity index (χ3v) is 8.47. The zero-order valence-corrected chi connectivity index (χ0v) is 31.8. The molecular formula is C43H60F3N3O3. The summed E-state index contributed by atoms with van der Waals surface area (Å²) in [5, 5.41) is 5.23. The first-order valence-electron chi connectivity index (χ1n) is 18.4. The maximum Gasteiger partial charge on any atom is 0.405 e. The molecule has 0 aliphatic carbocycles. The predicted molar refractivity (Wildman–Crippen MR) is 209 cm³/mol. The van der Waals surface area contributed by atoms with Crippen molar-refractivity contribution in [1.82, 2.24) is 15.5 Å². The van der Waals surface area contributed by atoms with Crippen molar-refractivity contribution >= 4 is 11.8 Å². The van der Waals surface area contributed by atoms with Crippen molar-refractivity contribution in [3.05, 3.63) is 133 Å². The Morgan fingerprint density at radius 1 is 0.923 bits per heavy atom. The standard InChI is InChI=1S/C22H34N2O2.C19H20F3NO.C2H6/c1-5-9-10-11-12-18-26-21(13-6-2)20(7-3)22(25)23-19-14-16-24(8-4)17-15-19;1-2-13-18(15-9-5-3-6-10-15,16-11-7-4-8-12-16)17(24)23-14-19(20,21)22;1-2/h5-7,11-13,19H,1-2,8-10,14-18H2,3-4H3,(H,23,25);3-12H,2,13-14H2,1H3,(H,23,24);1-2H3/b12-11+,20-7+,21-13+;;. The lowest BCUT2D eigenvalue weighted by Crippen LogP contribution is -2.48. The van der Waals surface area contributed by atoms with Gasteiger partial charge in [0.2, 0.25) is 5.91 Å². The van der Waals surface area contributed by atoms with Crippen LogP contribution in [0.2, 0.25) is 0 Å². The van der Waals surface area contributed by atoms with Crippen LogP contribution in [0, 0.1) is 0 Å². The number of allylic oxidation sites excluding steroid dienone is 5. The Hall–Kier alpha value is -4.37. The third kappa shape index (κ3) is 15.5. The van der Waals surface area contributed by atoms with Crippen molar-refractivity contribution in [2.45, 2.75) is 90.8 Å². The number of rotatable bonds is 17. The fourth-order valence-electron chi connectivity index (χ4n) is 5.89. The number of benzene rings is 2. The molecule has 1 saturated heterocycles. The molecule has 1 aliphatic rings. The zero-order valence-electron chi connectivity index (χ0n) is 31.8. The molecule has 0 aromatic heterocycles. The Balaban J connectivity index is 0.000000497. The molecule has 0 unspecified atom stereocenters. The molecule has 2 amide bonds. The lowest BCUT2D eigenvalue weighted by atomic mass is 9.70. The molecule has 1 fully saturated rings. The Morgan fingerprint density at radius 2 is 1.50 bits per heavy atom. The molecule has 1 aliphatic heterocycles. The number of likely N-dealkylation sites (tertiary alicyclic amines) is 1. The monoisotopic (exact) mass is 723 g/mol. The van der Waals surface area contributed by atoms with Gasteiger partial charge in [-0.3, -0.25) is 9.59 Å². The van der Waals surface area contributed by atoms with Crippen molar-refractivity contribution in [2.75, 3.05) is 32.8 Å². The summed E-state index contributed by atoms with van der Waals surface area (Å²) >= 11 is 0. The number of hydrogen-bond donors (Lipinski definition) is 2. The number of piperidine rings is 1. The van der Waals surface area contributed by atoms with Crippen LogP contribution in [0.1, 0.15) is 84.3 Å². The summed E-state index contributed by atoms with van der Waals surface area (Å²) in [7, 11) is 0. The minimum Gasteiger partial charge on any atom is -0.489 e. The molecule has 2 N–H and O–H groups in total. The van der Waals surface area contributed by atoms with Crippen LogP contribution in [0.3, 0.4) is 0 Å². The Bertz CT molecular complexity index is 1370. The van der Waals surface area contributed by atoms with Crippen LogP contribution in [-0.2, 0) is 19.7 Å². The van der Waals surface area contributed by atoms with E-state index in [1.54, 1.807) is 66.8 Å². The van der Waals surface area contributed by atoms with Crippen LogP contribution < -0.4 is 10.6 Å². The molecule has 0 atom stereocenters. The summed E-state index contributed by atoms with van der Waals surface area (Å²) in [6.45, 7) is 19.6. The van der Waals surface area contributed by atoms with Gasteiger partial charge in [-0.15, -0.1) is 6.58 Å². The zero-order chi connectivity index (χ0) is 38.8. The van der Waals surface area contributed by atoms with E-state index in [0.717, 1.165) is 45.3 Å². The Kier molecular flexibility index (Phi) is 22.4. The number of alkyl halides is 3. The lowest BCUT2D eigenvalue weighted by Gasteiger charge is -2.33. The Morgan fingerprint density at radius 3 is 1.96 bits per heavy atom. The summed E-state index contributed by atoms with van der Waals surface area (Å²) in [6.07, 6.45) is 11.6. The Labute approximate surface area is 310 Å². The number of amides is 2. The molecule has 2 aromatic carbocycles. The molecule has 2 aromatic rings. The van der Waals surface area contributed by atoms with Crippen LogP contribution in [0.15, 0.2) is 122 Å². The summed E-state index contributed by atoms with van der Waals surface area (Å²) in [5.74, 6) is -0.148. The highest BCUT2D eigenvalue weighted by molar-refractivity contribution is 5.97. The molecule has 286 valence electrons. The summed E-state index contributed by atoms with van der Waals surface area (Å²) in [6, 6.07) is 18.2. The van der Waals surface area contributed by atoms with Gasteiger partial charge in [-0.05, 0) is 62.8 Å². The smallest absolute Gasteiger partial charge is 0.405 e. The highest BCUT2D eigenvalue weighted by Crippen LogP contribution is 2.37. The summed E-state index contributed by atoms with van der Waals surface area (Å²) in [4.78, 5) is 28.0. The van der Waals surface area contributed by atoms with Crippen LogP contribution in [0.5, 0.6) is 0 Å². The van der Waals surface area contributed by atoms with E-state index in [4.69, 9.17) is 4.74 Å². The van der Waals surface area contributed by atoms with E-state index in [2.05, 4.69) is 41.7 Å². The molecule has 9 heteroatoms. The highest BCUT2D eigenvalue weighted by Gasteiger charge is 2.42. The first-order chi connectivity index (χ1) is 25.1. The van der Waals surface area contributed by atoms with E-state index in [-0.39, 0.29) is 11.9 Å². The van der Waals surface area contributed by atoms with E-state index < -0.39 is 24.0 Å². The van der Waals surface area contributed by atoms with Crippen LogP contribution in [0.25, 0.3) is 0 Å². The summed E-state index contributed by atoms with van der Waals surface area (Å²) < 4.78 is 43.5. The quantitative estimate of drug-likeness (QED) is 0.0561. The summed E-state index contributed by atoms with van der Waals surface area (Å²) in [5.41, 5.74) is 0.806. The first kappa shape index (κ1) is 45.7. The van der Waals surface area contributed by atoms with Gasteiger partial charge in [-0.25, -0.2) is 0 Å². The minimum atomic E-state index is -4.44. The molecular weight excluding hydrogens is 663 g/mol. The van der Waals surface area contributed by atoms with E-state index >= 15 is 0 Å². The number of nitrogens with zero attached hydrogens (tertiary/aromatic N) is 1. The van der Waals surface area contributed by atoms with E-state index in [0.29, 0.717) is 41.9 Å². The van der Waals surface area contributed by atoms with Gasteiger partial charge in [0.05, 0.1) is 11.0 Å². The fraction of sp³-hybridized carbons (Fsp3) is 0.442.